The van der Waals surface area contributed by atoms with Crippen LogP contribution in [0.3, 0.4) is 0 Å². The normalized spacial score (nSPS) is 34.4. The number of carbonyl (C=O) groups excluding carboxylic acids is 2. The molecule has 0 aromatic carbocycles. The molecule has 102 valence electrons. The third-order valence-electron chi connectivity index (χ3n) is 5.43. The first-order chi connectivity index (χ1) is 8.08. The van der Waals surface area contributed by atoms with Crippen LogP contribution in [0.5, 0.6) is 0 Å². The summed E-state index contributed by atoms with van der Waals surface area (Å²) in [5.74, 6) is 0.0192. The lowest BCUT2D eigenvalue weighted by atomic mass is 9.94. The summed E-state index contributed by atoms with van der Waals surface area (Å²) in [4.78, 5) is 26.2. The van der Waals surface area contributed by atoms with Gasteiger partial charge in [0.05, 0.1) is 6.54 Å². The minimum atomic E-state index is -0.732. The van der Waals surface area contributed by atoms with E-state index in [1.165, 1.54) is 0 Å². The van der Waals surface area contributed by atoms with E-state index in [2.05, 4.69) is 33.0 Å². The molecule has 2 rings (SSSR count). The molecular formula is C14H24N2O2. The number of nitrogens with zero attached hydrogens (tertiary/aromatic N) is 1. The second-order valence-corrected chi connectivity index (χ2v) is 7.01. The lowest BCUT2D eigenvalue weighted by molar-refractivity contribution is -0.150. The zero-order valence-corrected chi connectivity index (χ0v) is 12.3. The van der Waals surface area contributed by atoms with Crippen molar-refractivity contribution in [2.75, 3.05) is 6.54 Å². The Balaban J connectivity index is 2.30. The number of piperazine rings is 1. The van der Waals surface area contributed by atoms with Crippen LogP contribution in [-0.2, 0) is 9.59 Å². The van der Waals surface area contributed by atoms with E-state index in [-0.39, 0.29) is 35.2 Å². The van der Waals surface area contributed by atoms with E-state index in [1.54, 1.807) is 4.90 Å². The van der Waals surface area contributed by atoms with Gasteiger partial charge in [-0.1, -0.05) is 34.6 Å². The maximum Gasteiger partial charge on any atom is 0.248 e. The van der Waals surface area contributed by atoms with Crippen LogP contribution >= 0.6 is 0 Å². The molecule has 1 unspecified atom stereocenters. The molecule has 1 aliphatic heterocycles. The van der Waals surface area contributed by atoms with Crippen LogP contribution in [0.1, 0.15) is 48.0 Å². The van der Waals surface area contributed by atoms with Gasteiger partial charge in [-0.2, -0.15) is 0 Å². The van der Waals surface area contributed by atoms with Crippen molar-refractivity contribution in [1.29, 1.82) is 0 Å². The molecule has 2 fully saturated rings. The lowest BCUT2D eigenvalue weighted by Crippen LogP contribution is -2.66. The molecule has 0 spiro atoms. The second-order valence-electron chi connectivity index (χ2n) is 7.01. The molecule has 1 saturated heterocycles. The Bertz CT molecular complexity index is 400. The summed E-state index contributed by atoms with van der Waals surface area (Å²) in [5.41, 5.74) is -0.575. The zero-order valence-electron chi connectivity index (χ0n) is 12.3. The molecule has 0 bridgehead atoms. The highest BCUT2D eigenvalue weighted by Crippen LogP contribution is 2.65. The van der Waals surface area contributed by atoms with Gasteiger partial charge in [0.25, 0.3) is 0 Å². The Morgan fingerprint density at radius 3 is 2.06 bits per heavy atom. The Labute approximate surface area is 109 Å². The fraction of sp³-hybridized carbons (Fsp3) is 0.857. The molecule has 0 radical (unpaired) electrons. The lowest BCUT2D eigenvalue weighted by Gasteiger charge is -2.40. The third-order valence-corrected chi connectivity index (χ3v) is 5.43. The van der Waals surface area contributed by atoms with Crippen molar-refractivity contribution in [3.63, 3.8) is 0 Å². The van der Waals surface area contributed by atoms with Gasteiger partial charge >= 0.3 is 0 Å². The van der Waals surface area contributed by atoms with Gasteiger partial charge in [0.15, 0.2) is 0 Å². The minimum absolute atomic E-state index is 0.0440. The van der Waals surface area contributed by atoms with Gasteiger partial charge in [-0.25, -0.2) is 0 Å². The van der Waals surface area contributed by atoms with Crippen molar-refractivity contribution in [3.8, 4) is 0 Å². The van der Waals surface area contributed by atoms with Crippen LogP contribution in [-0.4, -0.2) is 34.8 Å². The molecule has 4 heteroatoms. The fourth-order valence-corrected chi connectivity index (χ4v) is 3.33. The highest BCUT2D eigenvalue weighted by molar-refractivity contribution is 5.98. The van der Waals surface area contributed by atoms with Crippen molar-refractivity contribution in [2.45, 2.75) is 59.5 Å². The van der Waals surface area contributed by atoms with E-state index in [0.717, 1.165) is 0 Å². The van der Waals surface area contributed by atoms with Gasteiger partial charge in [-0.3, -0.25) is 9.59 Å². The maximum atomic E-state index is 12.6. The molecule has 1 aliphatic carbocycles. The monoisotopic (exact) mass is 252 g/mol. The van der Waals surface area contributed by atoms with Crippen molar-refractivity contribution in [3.05, 3.63) is 0 Å². The van der Waals surface area contributed by atoms with Crippen molar-refractivity contribution >= 4 is 11.8 Å². The van der Waals surface area contributed by atoms with Gasteiger partial charge in [0.2, 0.25) is 11.8 Å². The average molecular weight is 252 g/mol. The standard InChI is InChI=1S/C14H24N2O2/c1-7-14(6)11(18)16(8-9(17)15-14)10-12(2,3)13(10,4)5/h10H,7-8H2,1-6H3,(H,15,17). The van der Waals surface area contributed by atoms with Crippen molar-refractivity contribution in [2.24, 2.45) is 10.8 Å². The first-order valence-corrected chi connectivity index (χ1v) is 6.70. The number of hydrogen-bond donors (Lipinski definition) is 1. The van der Waals surface area contributed by atoms with Gasteiger partial charge < -0.3 is 10.2 Å². The largest absolute Gasteiger partial charge is 0.340 e. The summed E-state index contributed by atoms with van der Waals surface area (Å²) in [6.45, 7) is 12.6. The summed E-state index contributed by atoms with van der Waals surface area (Å²) < 4.78 is 0. The summed E-state index contributed by atoms with van der Waals surface area (Å²) in [6.07, 6.45) is 0.627. The highest BCUT2D eigenvalue weighted by Gasteiger charge is 2.69. The van der Waals surface area contributed by atoms with Gasteiger partial charge in [-0.15, -0.1) is 0 Å². The van der Waals surface area contributed by atoms with Crippen LogP contribution in [0, 0.1) is 10.8 Å². The fourth-order valence-electron chi connectivity index (χ4n) is 3.33. The quantitative estimate of drug-likeness (QED) is 0.810. The van der Waals surface area contributed by atoms with Gasteiger partial charge in [0, 0.05) is 6.04 Å². The van der Waals surface area contributed by atoms with E-state index in [1.807, 2.05) is 13.8 Å². The molecule has 0 aromatic heterocycles. The Morgan fingerprint density at radius 1 is 1.17 bits per heavy atom. The van der Waals surface area contributed by atoms with E-state index >= 15 is 0 Å². The molecule has 1 saturated carbocycles. The highest BCUT2D eigenvalue weighted by atomic mass is 16.2. The van der Waals surface area contributed by atoms with Gasteiger partial charge in [0.1, 0.15) is 5.54 Å². The van der Waals surface area contributed by atoms with Crippen molar-refractivity contribution < 1.29 is 9.59 Å². The Kier molecular flexibility index (Phi) is 2.59. The number of carbonyl (C=O) groups is 2. The van der Waals surface area contributed by atoms with Crippen LogP contribution in [0.2, 0.25) is 0 Å². The Hall–Kier alpha value is -1.06. The van der Waals surface area contributed by atoms with Crippen LogP contribution < -0.4 is 5.32 Å². The minimum Gasteiger partial charge on any atom is -0.340 e. The van der Waals surface area contributed by atoms with Crippen LogP contribution in [0.25, 0.3) is 0 Å². The second kappa shape index (κ2) is 3.49. The predicted molar refractivity (Wildman–Crippen MR) is 69.9 cm³/mol. The van der Waals surface area contributed by atoms with E-state index in [4.69, 9.17) is 0 Å². The maximum absolute atomic E-state index is 12.6. The summed E-state index contributed by atoms with van der Waals surface area (Å²) >= 11 is 0. The Morgan fingerprint density at radius 2 is 1.67 bits per heavy atom. The zero-order chi connectivity index (χ0) is 13.9. The number of hydrogen-bond acceptors (Lipinski definition) is 2. The average Bonchev–Trinajstić information content (AvgIpc) is 2.64. The first kappa shape index (κ1) is 13.4. The van der Waals surface area contributed by atoms with Crippen LogP contribution in [0.4, 0.5) is 0 Å². The van der Waals surface area contributed by atoms with E-state index in [9.17, 15) is 9.59 Å². The molecule has 4 nitrogen and oxygen atoms in total. The molecule has 2 aliphatic rings. The van der Waals surface area contributed by atoms with Crippen LogP contribution in [0.15, 0.2) is 0 Å². The molecule has 1 atom stereocenters. The van der Waals surface area contributed by atoms with Crippen molar-refractivity contribution in [1.82, 2.24) is 10.2 Å². The topological polar surface area (TPSA) is 49.4 Å². The SMILES string of the molecule is CCC1(C)NC(=O)CN(C2C(C)(C)C2(C)C)C1=O. The first-order valence-electron chi connectivity index (χ1n) is 6.70. The summed E-state index contributed by atoms with van der Waals surface area (Å²) in [7, 11) is 0. The molecule has 0 aromatic rings. The number of rotatable bonds is 2. The molecule has 2 amide bonds. The summed E-state index contributed by atoms with van der Waals surface area (Å²) in [5, 5.41) is 2.83. The number of amides is 2. The smallest absolute Gasteiger partial charge is 0.248 e. The molecule has 1 heterocycles. The molecule has 18 heavy (non-hydrogen) atoms. The molecule has 1 N–H and O–H groups in total. The number of nitrogens with one attached hydrogen (secondary N) is 1. The van der Waals surface area contributed by atoms with Gasteiger partial charge in [-0.05, 0) is 24.2 Å². The van der Waals surface area contributed by atoms with E-state index < -0.39 is 5.54 Å². The molecular weight excluding hydrogens is 228 g/mol. The predicted octanol–water partition coefficient (Wildman–Crippen LogP) is 1.55. The third kappa shape index (κ3) is 1.50. The summed E-state index contributed by atoms with van der Waals surface area (Å²) in [6, 6.07) is 0.162. The van der Waals surface area contributed by atoms with E-state index in [0.29, 0.717) is 6.42 Å².